The number of hydrogen-bond acceptors (Lipinski definition) is 2. The maximum atomic E-state index is 12.1. The van der Waals surface area contributed by atoms with Crippen LogP contribution >= 0.6 is 11.6 Å². The molecule has 0 amide bonds. The van der Waals surface area contributed by atoms with E-state index in [1.807, 2.05) is 13.8 Å². The first kappa shape index (κ1) is 14.2. The molecule has 4 nitrogen and oxygen atoms in total. The first-order chi connectivity index (χ1) is 7.47. The van der Waals surface area contributed by atoms with Crippen molar-refractivity contribution < 1.29 is 8.42 Å². The highest BCUT2D eigenvalue weighted by atomic mass is 35.5. The van der Waals surface area contributed by atoms with Crippen molar-refractivity contribution in [1.82, 2.24) is 9.03 Å². The van der Waals surface area contributed by atoms with E-state index in [4.69, 9.17) is 11.6 Å². The number of rotatable bonds is 5. The molecule has 0 bridgehead atoms. The zero-order valence-corrected chi connectivity index (χ0v) is 11.5. The van der Waals surface area contributed by atoms with Gasteiger partial charge in [-0.25, -0.2) is 0 Å². The van der Waals surface area contributed by atoms with Crippen molar-refractivity contribution in [3.63, 3.8) is 0 Å². The van der Waals surface area contributed by atoms with Crippen molar-refractivity contribution >= 4 is 21.8 Å². The van der Waals surface area contributed by atoms with Gasteiger partial charge in [0.2, 0.25) is 0 Å². The van der Waals surface area contributed by atoms with Gasteiger partial charge in [0.1, 0.15) is 0 Å². The molecule has 1 N–H and O–H groups in total. The molecule has 96 valence electrons. The minimum Gasteiger partial charge on any atom is -0.199 e. The average Bonchev–Trinajstić information content (AvgIpc) is 2.17. The van der Waals surface area contributed by atoms with Crippen LogP contribution in [0.25, 0.3) is 0 Å². The van der Waals surface area contributed by atoms with E-state index >= 15 is 0 Å². The van der Waals surface area contributed by atoms with Crippen molar-refractivity contribution in [3.05, 3.63) is 0 Å². The number of halogens is 1. The number of nitrogens with zero attached hydrogens (tertiary/aromatic N) is 1. The van der Waals surface area contributed by atoms with Crippen LogP contribution in [0.4, 0.5) is 0 Å². The Balaban J connectivity index is 2.61. The van der Waals surface area contributed by atoms with Crippen molar-refractivity contribution in [2.75, 3.05) is 12.4 Å². The van der Waals surface area contributed by atoms with Gasteiger partial charge in [0, 0.05) is 24.5 Å². The first-order valence-electron chi connectivity index (χ1n) is 5.82. The number of nitrogens with one attached hydrogen (secondary N) is 1. The maximum Gasteiger partial charge on any atom is 0.279 e. The number of hydrogen-bond donors (Lipinski definition) is 1. The summed E-state index contributed by atoms with van der Waals surface area (Å²) in [7, 11) is -3.33. The van der Waals surface area contributed by atoms with Crippen LogP contribution in [-0.2, 0) is 10.2 Å². The minimum atomic E-state index is -3.33. The first-order valence-corrected chi connectivity index (χ1v) is 7.80. The maximum absolute atomic E-state index is 12.1. The van der Waals surface area contributed by atoms with Crippen LogP contribution in [0.5, 0.6) is 0 Å². The highest BCUT2D eigenvalue weighted by Crippen LogP contribution is 2.19. The molecule has 0 saturated carbocycles. The highest BCUT2D eigenvalue weighted by molar-refractivity contribution is 7.87. The van der Waals surface area contributed by atoms with E-state index in [-0.39, 0.29) is 12.1 Å². The molecule has 0 radical (unpaired) electrons. The Labute approximate surface area is 104 Å². The van der Waals surface area contributed by atoms with E-state index in [0.717, 1.165) is 19.3 Å². The van der Waals surface area contributed by atoms with Gasteiger partial charge in [-0.05, 0) is 33.1 Å². The van der Waals surface area contributed by atoms with Crippen molar-refractivity contribution in [3.8, 4) is 0 Å². The minimum absolute atomic E-state index is 0.100. The Morgan fingerprint density at radius 1 is 1.50 bits per heavy atom. The summed E-state index contributed by atoms with van der Waals surface area (Å²) in [5.41, 5.74) is 0. The molecule has 2 unspecified atom stereocenters. The van der Waals surface area contributed by atoms with Gasteiger partial charge in [-0.3, -0.25) is 0 Å². The quantitative estimate of drug-likeness (QED) is 0.772. The van der Waals surface area contributed by atoms with Gasteiger partial charge in [-0.15, -0.1) is 11.6 Å². The predicted molar refractivity (Wildman–Crippen MR) is 66.9 cm³/mol. The van der Waals surface area contributed by atoms with E-state index in [2.05, 4.69) is 4.72 Å². The highest BCUT2D eigenvalue weighted by Gasteiger charge is 2.30. The van der Waals surface area contributed by atoms with E-state index in [1.54, 1.807) is 4.31 Å². The third-order valence-corrected chi connectivity index (χ3v) is 5.02. The molecule has 1 aliphatic rings. The molecule has 1 rings (SSSR count). The molecule has 1 heterocycles. The van der Waals surface area contributed by atoms with Gasteiger partial charge in [-0.2, -0.15) is 17.4 Å². The Kier molecular flexibility index (Phi) is 5.50. The molecule has 1 saturated heterocycles. The zero-order chi connectivity index (χ0) is 12.2. The zero-order valence-electron chi connectivity index (χ0n) is 9.95. The lowest BCUT2D eigenvalue weighted by atomic mass is 10.1. The second-order valence-corrected chi connectivity index (χ2v) is 6.49. The summed E-state index contributed by atoms with van der Waals surface area (Å²) >= 11 is 5.59. The van der Waals surface area contributed by atoms with Crippen LogP contribution in [0, 0.1) is 0 Å². The normalized spacial score (nSPS) is 25.6. The smallest absolute Gasteiger partial charge is 0.199 e. The van der Waals surface area contributed by atoms with Crippen molar-refractivity contribution in [2.45, 2.75) is 51.6 Å². The Morgan fingerprint density at radius 2 is 2.19 bits per heavy atom. The molecule has 0 aromatic rings. The van der Waals surface area contributed by atoms with Gasteiger partial charge in [0.25, 0.3) is 10.2 Å². The summed E-state index contributed by atoms with van der Waals surface area (Å²) in [6.07, 6.45) is 3.67. The fourth-order valence-electron chi connectivity index (χ4n) is 1.97. The molecule has 2 atom stereocenters. The fourth-order valence-corrected chi connectivity index (χ4v) is 4.01. The molecule has 0 spiro atoms. The molecule has 0 aromatic carbocycles. The molecule has 0 aromatic heterocycles. The molecule has 16 heavy (non-hydrogen) atoms. The monoisotopic (exact) mass is 268 g/mol. The topological polar surface area (TPSA) is 49.4 Å². The summed E-state index contributed by atoms with van der Waals surface area (Å²) in [6.45, 7) is 4.43. The van der Waals surface area contributed by atoms with Crippen LogP contribution in [0.2, 0.25) is 0 Å². The van der Waals surface area contributed by atoms with E-state index in [9.17, 15) is 8.42 Å². The molecule has 6 heteroatoms. The summed E-state index contributed by atoms with van der Waals surface area (Å²) in [6, 6.07) is 0.00563. The summed E-state index contributed by atoms with van der Waals surface area (Å²) in [5.74, 6) is 0.471. The lowest BCUT2D eigenvalue weighted by molar-refractivity contribution is 0.264. The van der Waals surface area contributed by atoms with E-state index < -0.39 is 10.2 Å². The van der Waals surface area contributed by atoms with Crippen molar-refractivity contribution in [2.24, 2.45) is 0 Å². The third kappa shape index (κ3) is 3.87. The second-order valence-electron chi connectivity index (χ2n) is 4.46. The van der Waals surface area contributed by atoms with Gasteiger partial charge >= 0.3 is 0 Å². The summed E-state index contributed by atoms with van der Waals surface area (Å²) in [4.78, 5) is 0. The molecular formula is C10H21ClN2O2S. The van der Waals surface area contributed by atoms with Crippen molar-refractivity contribution in [1.29, 1.82) is 0 Å². The molecule has 1 fully saturated rings. The summed E-state index contributed by atoms with van der Waals surface area (Å²) < 4.78 is 28.3. The van der Waals surface area contributed by atoms with Crippen LogP contribution in [-0.4, -0.2) is 37.2 Å². The average molecular weight is 269 g/mol. The van der Waals surface area contributed by atoms with Crippen LogP contribution in [0.1, 0.15) is 39.5 Å². The van der Waals surface area contributed by atoms with Gasteiger partial charge in [0.05, 0.1) is 0 Å². The van der Waals surface area contributed by atoms with Crippen LogP contribution in [0.15, 0.2) is 0 Å². The Bertz CT molecular complexity index is 308. The summed E-state index contributed by atoms with van der Waals surface area (Å²) in [5, 5.41) is 0. The van der Waals surface area contributed by atoms with E-state index in [0.29, 0.717) is 18.8 Å². The largest absolute Gasteiger partial charge is 0.279 e. The second kappa shape index (κ2) is 6.19. The SMILES string of the molecule is CC(CCCl)NS(=O)(=O)N1CCCCC1C. The van der Waals surface area contributed by atoms with Gasteiger partial charge in [-0.1, -0.05) is 6.42 Å². The fraction of sp³-hybridized carbons (Fsp3) is 1.00. The molecule has 0 aliphatic carbocycles. The molecule has 1 aliphatic heterocycles. The Hall–Kier alpha value is 0.160. The molecular weight excluding hydrogens is 248 g/mol. The van der Waals surface area contributed by atoms with Crippen LogP contribution in [0.3, 0.4) is 0 Å². The van der Waals surface area contributed by atoms with E-state index in [1.165, 1.54) is 0 Å². The van der Waals surface area contributed by atoms with Crippen LogP contribution < -0.4 is 4.72 Å². The number of piperidine rings is 1. The number of alkyl halides is 1. The Morgan fingerprint density at radius 3 is 2.75 bits per heavy atom. The van der Waals surface area contributed by atoms with Gasteiger partial charge in [0.15, 0.2) is 0 Å². The third-order valence-electron chi connectivity index (χ3n) is 2.94. The standard InChI is InChI=1S/C10H21ClN2O2S/c1-9(6-7-11)12-16(14,15)13-8-4-3-5-10(13)2/h9-10,12H,3-8H2,1-2H3. The lowest BCUT2D eigenvalue weighted by Crippen LogP contribution is -2.50. The lowest BCUT2D eigenvalue weighted by Gasteiger charge is -2.33. The predicted octanol–water partition coefficient (Wildman–Crippen LogP) is 1.71. The van der Waals surface area contributed by atoms with Gasteiger partial charge < -0.3 is 0 Å².